The minimum absolute atomic E-state index is 0.258. The molecule has 0 aliphatic rings. The molecule has 0 saturated heterocycles. The second-order valence-electron chi connectivity index (χ2n) is 9.80. The second-order valence-corrected chi connectivity index (χ2v) is 9.80. The summed E-state index contributed by atoms with van der Waals surface area (Å²) in [6.07, 6.45) is 3.72. The quantitative estimate of drug-likeness (QED) is 0.205. The van der Waals surface area contributed by atoms with E-state index in [0.29, 0.717) is 6.54 Å². The fourth-order valence-corrected chi connectivity index (χ4v) is 5.11. The Morgan fingerprint density at radius 3 is 2.50 bits per heavy atom. The highest BCUT2D eigenvalue weighted by Crippen LogP contribution is 2.34. The first-order chi connectivity index (χ1) is 19.7. The molecule has 0 spiro atoms. The molecule has 7 heteroatoms. The Morgan fingerprint density at radius 1 is 0.725 bits per heavy atom. The normalized spacial score (nSPS) is 11.4. The molecule has 194 valence electrons. The number of H-pyrrole nitrogens is 2. The lowest BCUT2D eigenvalue weighted by Gasteiger charge is -2.07. The zero-order valence-corrected chi connectivity index (χ0v) is 21.5. The molecule has 3 N–H and O–H groups in total. The Hall–Kier alpha value is -5.14. The van der Waals surface area contributed by atoms with Crippen LogP contribution in [0.1, 0.15) is 11.1 Å². The summed E-state index contributed by atoms with van der Waals surface area (Å²) in [7, 11) is 0. The van der Waals surface area contributed by atoms with Crippen LogP contribution >= 0.6 is 0 Å². The van der Waals surface area contributed by atoms with Gasteiger partial charge in [-0.3, -0.25) is 10.1 Å². The summed E-state index contributed by atoms with van der Waals surface area (Å²) in [6, 6.07) is 31.1. The van der Waals surface area contributed by atoms with Crippen molar-refractivity contribution in [1.29, 1.82) is 0 Å². The van der Waals surface area contributed by atoms with E-state index in [4.69, 9.17) is 4.98 Å². The standard InChI is InChI=1S/C33H25FN6/c34-25-9-4-8-23(15-25)26-10-5-11-29-27(26)16-31(37-29)33-32-30(39-40-33)13-12-28(38-32)24-14-22(19-36-20-24)18-35-17-21-6-2-1-3-7-21/h1-16,19-20,35,37H,17-18H2,(H,39,40). The van der Waals surface area contributed by atoms with Gasteiger partial charge >= 0.3 is 0 Å². The summed E-state index contributed by atoms with van der Waals surface area (Å²) < 4.78 is 14.0. The van der Waals surface area contributed by atoms with E-state index >= 15 is 0 Å². The number of pyridine rings is 2. The number of rotatable bonds is 7. The molecule has 6 nitrogen and oxygen atoms in total. The lowest BCUT2D eigenvalue weighted by molar-refractivity contribution is 0.628. The van der Waals surface area contributed by atoms with Crippen molar-refractivity contribution in [1.82, 2.24) is 30.5 Å². The Balaban J connectivity index is 1.20. The Bertz CT molecular complexity index is 1960. The van der Waals surface area contributed by atoms with Crippen molar-refractivity contribution >= 4 is 21.9 Å². The van der Waals surface area contributed by atoms with E-state index in [1.807, 2.05) is 67.0 Å². The summed E-state index contributed by atoms with van der Waals surface area (Å²) in [5.74, 6) is -0.258. The molecule has 0 aliphatic carbocycles. The van der Waals surface area contributed by atoms with Crippen LogP contribution in [0.5, 0.6) is 0 Å². The van der Waals surface area contributed by atoms with Crippen LogP contribution in [0, 0.1) is 5.82 Å². The van der Waals surface area contributed by atoms with Gasteiger partial charge in [-0.1, -0.05) is 54.6 Å². The van der Waals surface area contributed by atoms with Crippen molar-refractivity contribution in [3.8, 4) is 33.8 Å². The molecule has 4 aromatic heterocycles. The van der Waals surface area contributed by atoms with Gasteiger partial charge in [-0.05, 0) is 64.7 Å². The number of hydrogen-bond donors (Lipinski definition) is 3. The van der Waals surface area contributed by atoms with Crippen LogP contribution in [-0.4, -0.2) is 25.1 Å². The summed E-state index contributed by atoms with van der Waals surface area (Å²) in [6.45, 7) is 1.50. The van der Waals surface area contributed by atoms with Crippen LogP contribution in [0.15, 0.2) is 109 Å². The average Bonchev–Trinajstić information content (AvgIpc) is 3.62. The van der Waals surface area contributed by atoms with E-state index in [1.54, 1.807) is 12.1 Å². The third-order valence-electron chi connectivity index (χ3n) is 7.05. The summed E-state index contributed by atoms with van der Waals surface area (Å²) in [4.78, 5) is 12.9. The number of nitrogens with zero attached hydrogens (tertiary/aromatic N) is 3. The van der Waals surface area contributed by atoms with Crippen molar-refractivity contribution in [3.63, 3.8) is 0 Å². The maximum absolute atomic E-state index is 14.0. The first-order valence-corrected chi connectivity index (χ1v) is 13.1. The maximum atomic E-state index is 14.0. The Morgan fingerprint density at radius 2 is 1.60 bits per heavy atom. The Kier molecular flexibility index (Phi) is 6.11. The molecule has 40 heavy (non-hydrogen) atoms. The summed E-state index contributed by atoms with van der Waals surface area (Å²) >= 11 is 0. The summed E-state index contributed by atoms with van der Waals surface area (Å²) in [5.41, 5.74) is 10.0. The van der Waals surface area contributed by atoms with Crippen molar-refractivity contribution in [3.05, 3.63) is 126 Å². The van der Waals surface area contributed by atoms with E-state index in [9.17, 15) is 4.39 Å². The lowest BCUT2D eigenvalue weighted by Crippen LogP contribution is -2.12. The third kappa shape index (κ3) is 4.63. The van der Waals surface area contributed by atoms with E-state index in [-0.39, 0.29) is 5.82 Å². The smallest absolute Gasteiger partial charge is 0.135 e. The van der Waals surface area contributed by atoms with E-state index < -0.39 is 0 Å². The molecular formula is C33H25FN6. The SMILES string of the molecule is Fc1cccc(-c2cccc3[nH]c(-c4n[nH]c5ccc(-c6cncc(CNCc7ccccc7)c6)nc45)cc23)c1. The van der Waals surface area contributed by atoms with E-state index in [0.717, 1.165) is 67.8 Å². The molecule has 0 aliphatic heterocycles. The largest absolute Gasteiger partial charge is 0.353 e. The monoisotopic (exact) mass is 524 g/mol. The fourth-order valence-electron chi connectivity index (χ4n) is 5.11. The van der Waals surface area contributed by atoms with Gasteiger partial charge in [0, 0.05) is 41.9 Å². The average molecular weight is 525 g/mol. The van der Waals surface area contributed by atoms with Gasteiger partial charge in [0.25, 0.3) is 0 Å². The number of fused-ring (bicyclic) bond motifs is 2. The first-order valence-electron chi connectivity index (χ1n) is 13.1. The van der Waals surface area contributed by atoms with Crippen molar-refractivity contribution in [2.75, 3.05) is 0 Å². The molecule has 0 atom stereocenters. The molecule has 7 aromatic rings. The van der Waals surface area contributed by atoms with Crippen molar-refractivity contribution in [2.24, 2.45) is 0 Å². The van der Waals surface area contributed by atoms with Gasteiger partial charge in [0.1, 0.15) is 17.0 Å². The predicted octanol–water partition coefficient (Wildman–Crippen LogP) is 7.26. The maximum Gasteiger partial charge on any atom is 0.135 e. The van der Waals surface area contributed by atoms with Crippen LogP contribution in [-0.2, 0) is 13.1 Å². The molecule has 0 radical (unpaired) electrons. The van der Waals surface area contributed by atoms with Crippen LogP contribution in [0.4, 0.5) is 4.39 Å². The highest BCUT2D eigenvalue weighted by Gasteiger charge is 2.16. The molecule has 4 heterocycles. The zero-order valence-electron chi connectivity index (χ0n) is 21.5. The molecule has 0 bridgehead atoms. The number of aromatic nitrogens is 5. The van der Waals surface area contributed by atoms with Gasteiger partial charge < -0.3 is 10.3 Å². The van der Waals surface area contributed by atoms with Gasteiger partial charge in [0.2, 0.25) is 0 Å². The topological polar surface area (TPSA) is 82.3 Å². The molecule has 3 aromatic carbocycles. The van der Waals surface area contributed by atoms with Gasteiger partial charge in [0.05, 0.1) is 16.9 Å². The summed E-state index contributed by atoms with van der Waals surface area (Å²) in [5, 5.41) is 12.2. The molecular weight excluding hydrogens is 499 g/mol. The van der Waals surface area contributed by atoms with Crippen molar-refractivity contribution < 1.29 is 4.39 Å². The highest BCUT2D eigenvalue weighted by atomic mass is 19.1. The number of nitrogens with one attached hydrogen (secondary N) is 3. The fraction of sp³-hybridized carbons (Fsp3) is 0.0606. The van der Waals surface area contributed by atoms with Gasteiger partial charge in [-0.15, -0.1) is 0 Å². The molecule has 0 amide bonds. The van der Waals surface area contributed by atoms with E-state index in [2.05, 4.69) is 49.7 Å². The minimum Gasteiger partial charge on any atom is -0.353 e. The molecule has 0 fully saturated rings. The van der Waals surface area contributed by atoms with Crippen LogP contribution in [0.3, 0.4) is 0 Å². The van der Waals surface area contributed by atoms with Crippen LogP contribution in [0.25, 0.3) is 55.7 Å². The van der Waals surface area contributed by atoms with Gasteiger partial charge in [-0.25, -0.2) is 9.37 Å². The molecule has 7 rings (SSSR count). The van der Waals surface area contributed by atoms with Gasteiger partial charge in [-0.2, -0.15) is 5.10 Å². The first kappa shape index (κ1) is 23.9. The number of aromatic amines is 2. The Labute approximate surface area is 230 Å². The number of hydrogen-bond acceptors (Lipinski definition) is 4. The zero-order chi connectivity index (χ0) is 26.9. The number of halogens is 1. The predicted molar refractivity (Wildman–Crippen MR) is 157 cm³/mol. The lowest BCUT2D eigenvalue weighted by atomic mass is 10.0. The van der Waals surface area contributed by atoms with Gasteiger partial charge in [0.15, 0.2) is 0 Å². The third-order valence-corrected chi connectivity index (χ3v) is 7.05. The van der Waals surface area contributed by atoms with E-state index in [1.165, 1.54) is 11.6 Å². The number of benzene rings is 3. The second kappa shape index (κ2) is 10.2. The molecule has 0 unspecified atom stereocenters. The molecule has 0 saturated carbocycles. The van der Waals surface area contributed by atoms with Crippen LogP contribution < -0.4 is 5.32 Å². The van der Waals surface area contributed by atoms with Crippen LogP contribution in [0.2, 0.25) is 0 Å². The highest BCUT2D eigenvalue weighted by molar-refractivity contribution is 6.00. The minimum atomic E-state index is -0.258. The van der Waals surface area contributed by atoms with Crippen molar-refractivity contribution in [2.45, 2.75) is 13.1 Å².